The standard InChI is InChI=1S/C18H23N3O4/c1-25-18(24)15(10-8-11-6-7-12(9-10)21(11)19)20-16(22)13-4-2-3-5-14(13)17(20)23/h2-5,10-12,15,22-23H,6-9,19H2,1H3/t10?,11?,12?,15-/m0/s1. The first-order chi connectivity index (χ1) is 12.0. The van der Waals surface area contributed by atoms with E-state index in [0.717, 1.165) is 25.7 Å². The maximum absolute atomic E-state index is 12.6. The second-order valence-corrected chi connectivity index (χ2v) is 7.09. The van der Waals surface area contributed by atoms with Crippen LogP contribution in [0.2, 0.25) is 0 Å². The van der Waals surface area contributed by atoms with Crippen LogP contribution < -0.4 is 5.84 Å². The highest BCUT2D eigenvalue weighted by atomic mass is 16.5. The molecule has 2 aliphatic rings. The van der Waals surface area contributed by atoms with E-state index >= 15 is 0 Å². The number of aromatic nitrogens is 1. The molecule has 0 aliphatic carbocycles. The van der Waals surface area contributed by atoms with E-state index < -0.39 is 12.0 Å². The Balaban J connectivity index is 1.80. The van der Waals surface area contributed by atoms with E-state index in [2.05, 4.69) is 0 Å². The van der Waals surface area contributed by atoms with Gasteiger partial charge in [0.15, 0.2) is 0 Å². The molecule has 2 saturated heterocycles. The molecule has 4 rings (SSSR count). The monoisotopic (exact) mass is 345 g/mol. The van der Waals surface area contributed by atoms with Gasteiger partial charge < -0.3 is 14.9 Å². The maximum Gasteiger partial charge on any atom is 0.329 e. The van der Waals surface area contributed by atoms with Crippen LogP contribution in [0.25, 0.3) is 10.8 Å². The molecule has 0 radical (unpaired) electrons. The molecule has 3 heterocycles. The summed E-state index contributed by atoms with van der Waals surface area (Å²) >= 11 is 0. The Kier molecular flexibility index (Phi) is 3.85. The van der Waals surface area contributed by atoms with Crippen molar-refractivity contribution in [1.82, 2.24) is 9.58 Å². The number of ether oxygens (including phenoxy) is 1. The van der Waals surface area contributed by atoms with E-state index in [1.54, 1.807) is 24.3 Å². The van der Waals surface area contributed by atoms with E-state index in [1.807, 2.05) is 5.01 Å². The topological polar surface area (TPSA) is 101 Å². The molecular weight excluding hydrogens is 322 g/mol. The number of hydrogen-bond acceptors (Lipinski definition) is 6. The quantitative estimate of drug-likeness (QED) is 0.580. The number of piperidine rings is 1. The van der Waals surface area contributed by atoms with E-state index in [1.165, 1.54) is 11.7 Å². The summed E-state index contributed by atoms with van der Waals surface area (Å²) in [5.74, 6) is 5.41. The van der Waals surface area contributed by atoms with Crippen molar-refractivity contribution in [3.05, 3.63) is 24.3 Å². The fraction of sp³-hybridized carbons (Fsp3) is 0.500. The molecule has 4 N–H and O–H groups in total. The van der Waals surface area contributed by atoms with Crippen LogP contribution in [0.4, 0.5) is 0 Å². The van der Waals surface area contributed by atoms with Crippen molar-refractivity contribution in [3.63, 3.8) is 0 Å². The number of hydrazine groups is 1. The Labute approximate surface area is 145 Å². The van der Waals surface area contributed by atoms with E-state index in [4.69, 9.17) is 10.6 Å². The summed E-state index contributed by atoms with van der Waals surface area (Å²) in [5.41, 5.74) is 0. The lowest BCUT2D eigenvalue weighted by Gasteiger charge is -2.38. The molecule has 134 valence electrons. The summed E-state index contributed by atoms with van der Waals surface area (Å²) in [6.45, 7) is 0. The largest absolute Gasteiger partial charge is 0.494 e. The van der Waals surface area contributed by atoms with E-state index in [9.17, 15) is 15.0 Å². The van der Waals surface area contributed by atoms with Gasteiger partial charge in [-0.15, -0.1) is 0 Å². The fourth-order valence-corrected chi connectivity index (χ4v) is 4.64. The molecule has 25 heavy (non-hydrogen) atoms. The van der Waals surface area contributed by atoms with Crippen molar-refractivity contribution in [2.45, 2.75) is 43.8 Å². The van der Waals surface area contributed by atoms with Crippen LogP contribution in [-0.2, 0) is 9.53 Å². The first-order valence-corrected chi connectivity index (χ1v) is 8.64. The van der Waals surface area contributed by atoms with Crippen molar-refractivity contribution in [3.8, 4) is 11.8 Å². The van der Waals surface area contributed by atoms with Gasteiger partial charge in [0.25, 0.3) is 0 Å². The van der Waals surface area contributed by atoms with Gasteiger partial charge in [-0.2, -0.15) is 0 Å². The molecule has 0 amide bonds. The van der Waals surface area contributed by atoms with Crippen LogP contribution in [0.1, 0.15) is 31.7 Å². The molecule has 2 aromatic rings. The molecule has 0 spiro atoms. The summed E-state index contributed by atoms with van der Waals surface area (Å²) in [6.07, 6.45) is 3.49. The molecular formula is C18H23N3O4. The average molecular weight is 345 g/mol. The highest BCUT2D eigenvalue weighted by Gasteiger charge is 2.45. The molecule has 3 atom stereocenters. The highest BCUT2D eigenvalue weighted by molar-refractivity contribution is 5.94. The number of benzene rings is 1. The number of esters is 1. The summed E-state index contributed by atoms with van der Waals surface area (Å²) in [5, 5.41) is 24.3. The Morgan fingerprint density at radius 1 is 1.16 bits per heavy atom. The van der Waals surface area contributed by atoms with Crippen molar-refractivity contribution < 1.29 is 19.7 Å². The molecule has 1 aromatic heterocycles. The normalized spacial score (nSPS) is 27.5. The van der Waals surface area contributed by atoms with E-state index in [-0.39, 0.29) is 29.8 Å². The van der Waals surface area contributed by atoms with Gasteiger partial charge in [-0.3, -0.25) is 10.4 Å². The SMILES string of the molecule is COC(=O)[C@H](C1CC2CCC(C1)N2N)n1c(O)c2ccccc2c1O. The van der Waals surface area contributed by atoms with Crippen LogP contribution in [0.15, 0.2) is 24.3 Å². The molecule has 0 saturated carbocycles. The molecule has 1 aromatic carbocycles. The minimum absolute atomic E-state index is 0.0524. The lowest BCUT2D eigenvalue weighted by Crippen LogP contribution is -2.49. The third kappa shape index (κ3) is 2.38. The van der Waals surface area contributed by atoms with Gasteiger partial charge in [0.05, 0.1) is 7.11 Å². The van der Waals surface area contributed by atoms with Crippen LogP contribution in [-0.4, -0.2) is 45.0 Å². The molecule has 2 bridgehead atoms. The molecule has 2 aliphatic heterocycles. The number of carbonyl (C=O) groups excluding carboxylic acids is 1. The molecule has 2 unspecified atom stereocenters. The number of nitrogens with zero attached hydrogens (tertiary/aromatic N) is 2. The van der Waals surface area contributed by atoms with Gasteiger partial charge in [-0.1, -0.05) is 12.1 Å². The summed E-state index contributed by atoms with van der Waals surface area (Å²) in [7, 11) is 1.33. The van der Waals surface area contributed by atoms with Gasteiger partial charge in [-0.05, 0) is 43.7 Å². The highest BCUT2D eigenvalue weighted by Crippen LogP contribution is 2.46. The predicted molar refractivity (Wildman–Crippen MR) is 91.9 cm³/mol. The number of carbonyl (C=O) groups is 1. The van der Waals surface area contributed by atoms with Crippen LogP contribution in [0.3, 0.4) is 0 Å². The average Bonchev–Trinajstić information content (AvgIpc) is 2.98. The lowest BCUT2D eigenvalue weighted by atomic mass is 9.85. The minimum Gasteiger partial charge on any atom is -0.494 e. The Hall–Kier alpha value is -2.25. The zero-order valence-corrected chi connectivity index (χ0v) is 14.1. The first kappa shape index (κ1) is 16.2. The maximum atomic E-state index is 12.6. The summed E-state index contributed by atoms with van der Waals surface area (Å²) in [6, 6.07) is 6.70. The zero-order chi connectivity index (χ0) is 17.7. The van der Waals surface area contributed by atoms with Crippen molar-refractivity contribution in [1.29, 1.82) is 0 Å². The number of methoxy groups -OCH3 is 1. The summed E-state index contributed by atoms with van der Waals surface area (Å²) < 4.78 is 6.34. The number of fused-ring (bicyclic) bond motifs is 3. The van der Waals surface area contributed by atoms with Gasteiger partial charge in [0, 0.05) is 22.9 Å². The van der Waals surface area contributed by atoms with Crippen molar-refractivity contribution in [2.24, 2.45) is 11.8 Å². The van der Waals surface area contributed by atoms with Gasteiger partial charge in [0.1, 0.15) is 6.04 Å². The Bertz CT molecular complexity index is 765. The second-order valence-electron chi connectivity index (χ2n) is 7.09. The van der Waals surface area contributed by atoms with Crippen molar-refractivity contribution in [2.75, 3.05) is 7.11 Å². The van der Waals surface area contributed by atoms with Gasteiger partial charge >= 0.3 is 5.97 Å². The van der Waals surface area contributed by atoms with Crippen LogP contribution in [0, 0.1) is 5.92 Å². The number of rotatable bonds is 3. The zero-order valence-electron chi connectivity index (χ0n) is 14.1. The number of nitrogens with two attached hydrogens (primary N) is 1. The van der Waals surface area contributed by atoms with Crippen LogP contribution >= 0.6 is 0 Å². The third-order valence-corrected chi connectivity index (χ3v) is 5.86. The summed E-state index contributed by atoms with van der Waals surface area (Å²) in [4.78, 5) is 12.6. The fourth-order valence-electron chi connectivity index (χ4n) is 4.64. The minimum atomic E-state index is -0.769. The molecule has 7 nitrogen and oxygen atoms in total. The Morgan fingerprint density at radius 2 is 1.68 bits per heavy atom. The number of aromatic hydroxyl groups is 2. The van der Waals surface area contributed by atoms with E-state index in [0.29, 0.717) is 10.8 Å². The molecule has 2 fully saturated rings. The predicted octanol–water partition coefficient (Wildman–Crippen LogP) is 1.88. The van der Waals surface area contributed by atoms with Crippen molar-refractivity contribution >= 4 is 16.7 Å². The second kappa shape index (κ2) is 5.93. The van der Waals surface area contributed by atoms with Crippen LogP contribution in [0.5, 0.6) is 11.8 Å². The Morgan fingerprint density at radius 3 is 2.16 bits per heavy atom. The third-order valence-electron chi connectivity index (χ3n) is 5.86. The van der Waals surface area contributed by atoms with Gasteiger partial charge in [0.2, 0.25) is 11.8 Å². The van der Waals surface area contributed by atoms with Gasteiger partial charge in [-0.25, -0.2) is 9.80 Å². The first-order valence-electron chi connectivity index (χ1n) is 8.64. The number of hydrogen-bond donors (Lipinski definition) is 3. The lowest BCUT2D eigenvalue weighted by molar-refractivity contribution is -0.147. The smallest absolute Gasteiger partial charge is 0.329 e. The molecule has 7 heteroatoms.